The summed E-state index contributed by atoms with van der Waals surface area (Å²) in [5.41, 5.74) is 5.62. The first-order valence-electron chi connectivity index (χ1n) is 5.12. The Bertz CT molecular complexity index is 630. The maximum Gasteiger partial charge on any atom is 0.358 e. The smallest absolute Gasteiger partial charge is 0.358 e. The van der Waals surface area contributed by atoms with E-state index in [0.717, 1.165) is 0 Å². The number of methoxy groups -OCH3 is 2. The number of nitrogens with zero attached hydrogens (tertiary/aromatic N) is 2. The predicted octanol–water partition coefficient (Wildman–Crippen LogP) is 2.24. The van der Waals surface area contributed by atoms with Gasteiger partial charge in [0.05, 0.1) is 19.1 Å². The van der Waals surface area contributed by atoms with E-state index in [0.29, 0.717) is 15.8 Å². The van der Waals surface area contributed by atoms with E-state index in [1.165, 1.54) is 18.4 Å². The van der Waals surface area contributed by atoms with Gasteiger partial charge in [-0.2, -0.15) is 0 Å². The lowest BCUT2D eigenvalue weighted by atomic mass is 10.3. The van der Waals surface area contributed by atoms with Gasteiger partial charge in [0, 0.05) is 0 Å². The first-order chi connectivity index (χ1) is 9.06. The molecule has 0 unspecified atom stereocenters. The minimum absolute atomic E-state index is 0.0147. The number of carbonyl (C=O) groups excluding carboxylic acids is 1. The highest BCUT2D eigenvalue weighted by molar-refractivity contribution is 7.17. The number of anilines is 1. The summed E-state index contributed by atoms with van der Waals surface area (Å²) in [4.78, 5) is 20.4. The molecule has 0 fully saturated rings. The lowest BCUT2D eigenvalue weighted by Gasteiger charge is -2.05. The summed E-state index contributed by atoms with van der Waals surface area (Å²) in [5, 5.41) is 0.686. The Kier molecular flexibility index (Phi) is 3.87. The second kappa shape index (κ2) is 5.41. The molecule has 0 amide bonds. The second-order valence-corrected chi connectivity index (χ2v) is 4.83. The van der Waals surface area contributed by atoms with Gasteiger partial charge in [-0.15, -0.1) is 0 Å². The molecule has 0 atom stereocenters. The first kappa shape index (κ1) is 13.6. The monoisotopic (exact) mass is 299 g/mol. The summed E-state index contributed by atoms with van der Waals surface area (Å²) in [6.07, 6.45) is 0. The van der Waals surface area contributed by atoms with Gasteiger partial charge in [-0.05, 0) is 12.1 Å². The molecule has 0 aliphatic heterocycles. The Morgan fingerprint density at radius 1 is 1.37 bits per heavy atom. The lowest BCUT2D eigenvalue weighted by molar-refractivity contribution is 0.0594. The maximum atomic E-state index is 11.6. The van der Waals surface area contributed by atoms with Gasteiger partial charge in [-0.3, -0.25) is 0 Å². The highest BCUT2D eigenvalue weighted by Gasteiger charge is 2.19. The third-order valence-corrected chi connectivity index (χ3v) is 3.67. The van der Waals surface area contributed by atoms with Crippen molar-refractivity contribution in [3.8, 4) is 15.8 Å². The molecule has 0 bridgehead atoms. The van der Waals surface area contributed by atoms with Crippen molar-refractivity contribution >= 4 is 34.7 Å². The van der Waals surface area contributed by atoms with Crippen LogP contribution in [0.5, 0.6) is 5.06 Å². The zero-order valence-electron chi connectivity index (χ0n) is 10.1. The van der Waals surface area contributed by atoms with E-state index in [2.05, 4.69) is 14.7 Å². The molecule has 6 nitrogen and oxygen atoms in total. The quantitative estimate of drug-likeness (QED) is 0.875. The number of carbonyl (C=O) groups is 1. The van der Waals surface area contributed by atoms with Crippen molar-refractivity contribution in [2.45, 2.75) is 0 Å². The van der Waals surface area contributed by atoms with Crippen LogP contribution in [0, 0.1) is 0 Å². The number of rotatable bonds is 3. The minimum atomic E-state index is -0.663. The third kappa shape index (κ3) is 2.61. The number of aromatic nitrogens is 2. The van der Waals surface area contributed by atoms with Crippen LogP contribution in [0.15, 0.2) is 12.1 Å². The topological polar surface area (TPSA) is 87.3 Å². The van der Waals surface area contributed by atoms with Gasteiger partial charge in [0.25, 0.3) is 0 Å². The van der Waals surface area contributed by atoms with E-state index >= 15 is 0 Å². The molecule has 2 aromatic heterocycles. The highest BCUT2D eigenvalue weighted by Crippen LogP contribution is 2.32. The fourth-order valence-corrected chi connectivity index (χ4v) is 2.27. The van der Waals surface area contributed by atoms with Crippen LogP contribution in [0.1, 0.15) is 10.5 Å². The summed E-state index contributed by atoms with van der Waals surface area (Å²) in [6, 6.07) is 3.54. The van der Waals surface area contributed by atoms with Crippen molar-refractivity contribution in [1.29, 1.82) is 0 Å². The zero-order valence-corrected chi connectivity index (χ0v) is 11.7. The lowest BCUT2D eigenvalue weighted by Crippen LogP contribution is -2.09. The van der Waals surface area contributed by atoms with Crippen LogP contribution in [-0.4, -0.2) is 30.2 Å². The fraction of sp³-hybridized carbons (Fsp3) is 0.182. The number of nitrogens with two attached hydrogens (primary N) is 1. The molecule has 0 radical (unpaired) electrons. The minimum Gasteiger partial charge on any atom is -0.487 e. The predicted molar refractivity (Wildman–Crippen MR) is 72.7 cm³/mol. The molecule has 19 heavy (non-hydrogen) atoms. The van der Waals surface area contributed by atoms with Crippen molar-refractivity contribution < 1.29 is 14.3 Å². The number of thiophene rings is 1. The molecular weight excluding hydrogens is 290 g/mol. The highest BCUT2D eigenvalue weighted by atomic mass is 35.5. The number of ether oxygens (including phenoxy) is 2. The molecule has 2 N–H and O–H groups in total. The average molecular weight is 300 g/mol. The van der Waals surface area contributed by atoms with E-state index in [1.807, 2.05) is 0 Å². The van der Waals surface area contributed by atoms with Crippen LogP contribution in [-0.2, 0) is 4.74 Å². The Hall–Kier alpha value is -1.86. The van der Waals surface area contributed by atoms with E-state index in [1.54, 1.807) is 19.2 Å². The second-order valence-electron chi connectivity index (χ2n) is 3.41. The van der Waals surface area contributed by atoms with Crippen LogP contribution in [0.2, 0.25) is 5.02 Å². The average Bonchev–Trinajstić information content (AvgIpc) is 2.89. The standard InChI is InChI=1S/C11H10ClN3O3S/c1-17-6-4-3-5(19-6)10-14-8(11(16)18-2)7(12)9(13)15-10/h3-4H,1-2H3,(H2,13,14,15). The Morgan fingerprint density at radius 2 is 2.11 bits per heavy atom. The van der Waals surface area contributed by atoms with Crippen molar-refractivity contribution in [1.82, 2.24) is 9.97 Å². The van der Waals surface area contributed by atoms with Crippen LogP contribution >= 0.6 is 22.9 Å². The molecular formula is C11H10ClN3O3S. The number of esters is 1. The van der Waals surface area contributed by atoms with Crippen LogP contribution in [0.4, 0.5) is 5.82 Å². The summed E-state index contributed by atoms with van der Waals surface area (Å²) in [7, 11) is 2.80. The summed E-state index contributed by atoms with van der Waals surface area (Å²) >= 11 is 7.22. The van der Waals surface area contributed by atoms with Crippen molar-refractivity contribution in [3.63, 3.8) is 0 Å². The molecule has 8 heteroatoms. The van der Waals surface area contributed by atoms with Gasteiger partial charge >= 0.3 is 5.97 Å². The summed E-state index contributed by atoms with van der Waals surface area (Å²) in [6.45, 7) is 0. The summed E-state index contributed by atoms with van der Waals surface area (Å²) in [5.74, 6) is -0.334. The number of nitrogen functional groups attached to an aromatic ring is 1. The van der Waals surface area contributed by atoms with Gasteiger partial charge in [0.2, 0.25) is 0 Å². The van der Waals surface area contributed by atoms with Crippen molar-refractivity contribution in [2.75, 3.05) is 20.0 Å². The summed E-state index contributed by atoms with van der Waals surface area (Å²) < 4.78 is 9.68. The van der Waals surface area contributed by atoms with E-state index in [9.17, 15) is 4.79 Å². The van der Waals surface area contributed by atoms with E-state index in [4.69, 9.17) is 22.1 Å². The molecule has 0 saturated carbocycles. The molecule has 0 aromatic carbocycles. The molecule has 100 valence electrons. The normalized spacial score (nSPS) is 10.3. The van der Waals surface area contributed by atoms with Crippen molar-refractivity contribution in [3.05, 3.63) is 22.8 Å². The maximum absolute atomic E-state index is 11.6. The van der Waals surface area contributed by atoms with Crippen LogP contribution < -0.4 is 10.5 Å². The molecule has 0 saturated heterocycles. The molecule has 2 heterocycles. The molecule has 0 aliphatic rings. The fourth-order valence-electron chi connectivity index (χ4n) is 1.36. The van der Waals surface area contributed by atoms with Gasteiger partial charge in [0.15, 0.2) is 16.6 Å². The van der Waals surface area contributed by atoms with Crippen molar-refractivity contribution in [2.24, 2.45) is 0 Å². The van der Waals surface area contributed by atoms with E-state index in [-0.39, 0.29) is 16.5 Å². The molecule has 0 aliphatic carbocycles. The third-order valence-electron chi connectivity index (χ3n) is 2.26. The first-order valence-corrected chi connectivity index (χ1v) is 6.31. The van der Waals surface area contributed by atoms with E-state index < -0.39 is 5.97 Å². The number of halogens is 1. The largest absolute Gasteiger partial charge is 0.487 e. The molecule has 2 rings (SSSR count). The number of hydrogen-bond donors (Lipinski definition) is 1. The van der Waals surface area contributed by atoms with Gasteiger partial charge in [0.1, 0.15) is 10.8 Å². The van der Waals surface area contributed by atoms with Gasteiger partial charge < -0.3 is 15.2 Å². The van der Waals surface area contributed by atoms with Crippen LogP contribution in [0.25, 0.3) is 10.7 Å². The number of hydrogen-bond acceptors (Lipinski definition) is 7. The van der Waals surface area contributed by atoms with Gasteiger partial charge in [-0.25, -0.2) is 14.8 Å². The Morgan fingerprint density at radius 3 is 2.68 bits per heavy atom. The van der Waals surface area contributed by atoms with Crippen LogP contribution in [0.3, 0.4) is 0 Å². The molecule has 2 aromatic rings. The zero-order chi connectivity index (χ0) is 14.0. The SMILES string of the molecule is COC(=O)c1nc(-c2ccc(OC)s2)nc(N)c1Cl. The Labute approximate surface area is 118 Å². The Balaban J connectivity index is 2.52. The van der Waals surface area contributed by atoms with Gasteiger partial charge in [-0.1, -0.05) is 22.9 Å². The molecule has 0 spiro atoms.